The topological polar surface area (TPSA) is 246 Å². The van der Waals surface area contributed by atoms with Crippen LogP contribution >= 0.6 is 0 Å². The molecule has 0 spiro atoms. The van der Waals surface area contributed by atoms with Crippen molar-refractivity contribution in [3.05, 3.63) is 70.7 Å². The number of phenols is 1. The van der Waals surface area contributed by atoms with Gasteiger partial charge in [-0.05, 0) is 66.7 Å². The van der Waals surface area contributed by atoms with E-state index in [9.17, 15) is 29.7 Å². The Labute approximate surface area is 423 Å². The monoisotopic (exact) mass is 1030 g/mol. The Balaban J connectivity index is 1.36. The van der Waals surface area contributed by atoms with Crippen LogP contribution in [0.3, 0.4) is 0 Å². The van der Waals surface area contributed by atoms with Crippen molar-refractivity contribution in [3.8, 4) is 29.4 Å². The van der Waals surface area contributed by atoms with Crippen molar-refractivity contribution >= 4 is 64.3 Å². The maximum absolute atomic E-state index is 15.2. The average molecular weight is 1030 g/mol. The highest BCUT2D eigenvalue weighted by Gasteiger charge is 2.52. The molecule has 2 aliphatic carbocycles. The molecule has 388 valence electrons. The Kier molecular flexibility index (Phi) is 16.6. The number of amides is 1. The molecule has 9 unspecified atom stereocenters. The summed E-state index contributed by atoms with van der Waals surface area (Å²) in [5.74, 6) is 7.48. The number of aliphatic hydroxyl groups is 2. The van der Waals surface area contributed by atoms with Gasteiger partial charge in [0.15, 0.2) is 24.1 Å². The summed E-state index contributed by atoms with van der Waals surface area (Å²) < 4.78 is 42.4. The number of Topliss-reactive ketones (excluding diaryl/α,β-unsaturated/α-hetero) is 2. The molecule has 20 heteroatoms. The standard InChI is InChI=1S/C52H64N4O14S2/c1-26(2)53-36-25-67-41(24-40(36)64-6)70-49-48(61)42(47(60)46-45-33(22-35(55-46)50(62)65-7)32-21-29(57)17-18-34(32)54-45)28(5)68-51(49)69-39-16-14-12-11-13-15-31-43(39)30(19-20-72(9,10,71)27(3)4)37(58)23-38(59)44(31)56-52(63)66-8/h11-12,17-19,21-22,26-28,36-37,39-43,48-49,51,53-54,57-58,61H,20,23-25H2,1-10H3,(H,56,63)/b12-11-,30-19-/t28?,36?,37-,39-,40?,41?,42?,43?,48?,49?,51?/m0/s1. The van der Waals surface area contributed by atoms with Crippen LogP contribution in [-0.2, 0) is 56.9 Å². The molecule has 1 amide bonds. The van der Waals surface area contributed by atoms with E-state index in [0.717, 1.165) is 7.11 Å². The number of ketones is 2. The second kappa shape index (κ2) is 22.0. The maximum atomic E-state index is 15.2. The first-order chi connectivity index (χ1) is 34.0. The van der Waals surface area contributed by atoms with Crippen molar-refractivity contribution in [3.63, 3.8) is 0 Å². The molecule has 6 N–H and O–H groups in total. The number of rotatable bonds is 14. The number of pyridine rings is 1. The summed E-state index contributed by atoms with van der Waals surface area (Å²) in [7, 11) is 1.30. The number of hydrogen-bond donors (Lipinski definition) is 6. The number of ether oxygens (including phenoxy) is 7. The largest absolute Gasteiger partial charge is 0.508 e. The zero-order valence-corrected chi connectivity index (χ0v) is 43.6. The average Bonchev–Trinajstić information content (AvgIpc) is 3.69. The number of hydrogen-bond acceptors (Lipinski definition) is 17. The van der Waals surface area contributed by atoms with Crippen LogP contribution in [0.2, 0.25) is 0 Å². The van der Waals surface area contributed by atoms with Crippen molar-refractivity contribution in [2.45, 2.75) is 114 Å². The predicted octanol–water partition coefficient (Wildman–Crippen LogP) is 3.89. The van der Waals surface area contributed by atoms with E-state index in [4.69, 9.17) is 44.3 Å². The molecule has 72 heavy (non-hydrogen) atoms. The third kappa shape index (κ3) is 11.5. The summed E-state index contributed by atoms with van der Waals surface area (Å²) in [6, 6.07) is 5.89. The quantitative estimate of drug-likeness (QED) is 0.0580. The molecule has 4 heterocycles. The smallest absolute Gasteiger partial charge is 0.411 e. The van der Waals surface area contributed by atoms with Gasteiger partial charge in [0, 0.05) is 53.6 Å². The van der Waals surface area contributed by atoms with Gasteiger partial charge in [-0.25, -0.2) is 14.6 Å². The molecular weight excluding hydrogens is 969 g/mol. The van der Waals surface area contributed by atoms with Crippen molar-refractivity contribution in [2.24, 2.45) is 11.8 Å². The molecule has 11 atom stereocenters. The minimum Gasteiger partial charge on any atom is -0.508 e. The molecule has 3 aromatic rings. The van der Waals surface area contributed by atoms with E-state index in [2.05, 4.69) is 44.3 Å². The molecule has 2 fully saturated rings. The molecule has 0 saturated carbocycles. The number of nitrogens with zero attached hydrogens (tertiary/aromatic N) is 1. The van der Waals surface area contributed by atoms with Crippen LogP contribution in [0.25, 0.3) is 21.8 Å². The number of carbonyl (C=O) groups is 4. The lowest BCUT2D eigenvalue weighted by Gasteiger charge is -2.46. The highest BCUT2D eigenvalue weighted by molar-refractivity contribution is 8.51. The second-order valence-corrected chi connectivity index (χ2v) is 28.5. The summed E-state index contributed by atoms with van der Waals surface area (Å²) in [5, 5.41) is 42.2. The van der Waals surface area contributed by atoms with Gasteiger partial charge in [0.2, 0.25) is 0 Å². The van der Waals surface area contributed by atoms with E-state index in [-0.39, 0.29) is 64.3 Å². The molecule has 1 aromatic carbocycles. The molecule has 4 aliphatic rings. The third-order valence-electron chi connectivity index (χ3n) is 13.8. The number of allylic oxidation sites excluding steroid dienone is 3. The number of alkyl carbamates (subject to hydrolysis) is 1. The number of fused-ring (bicyclic) bond motifs is 4. The minimum atomic E-state index is -2.60. The summed E-state index contributed by atoms with van der Waals surface area (Å²) >= 11 is 6.29. The van der Waals surface area contributed by atoms with Gasteiger partial charge < -0.3 is 58.8 Å². The van der Waals surface area contributed by atoms with Crippen LogP contribution in [0.4, 0.5) is 4.79 Å². The van der Waals surface area contributed by atoms with E-state index in [1.807, 2.05) is 46.3 Å². The highest BCUT2D eigenvalue weighted by atomic mass is 32.9. The van der Waals surface area contributed by atoms with Crippen molar-refractivity contribution in [1.29, 1.82) is 0 Å². The lowest BCUT2D eigenvalue weighted by Crippen LogP contribution is -2.61. The Morgan fingerprint density at radius 1 is 1.04 bits per heavy atom. The summed E-state index contributed by atoms with van der Waals surface area (Å²) in [6.07, 6.45) is -2.65. The van der Waals surface area contributed by atoms with Gasteiger partial charge in [0.05, 0.1) is 74.3 Å². The van der Waals surface area contributed by atoms with E-state index in [1.165, 1.54) is 37.5 Å². The molecule has 18 nitrogen and oxygen atoms in total. The fraction of sp³-hybridized carbons (Fsp3) is 0.519. The van der Waals surface area contributed by atoms with Crippen LogP contribution < -0.4 is 10.6 Å². The summed E-state index contributed by atoms with van der Waals surface area (Å²) in [4.78, 5) is 62.9. The number of benzene rings is 1. The second-order valence-electron chi connectivity index (χ2n) is 19.6. The van der Waals surface area contributed by atoms with Gasteiger partial charge in [-0.15, -0.1) is 0 Å². The Morgan fingerprint density at radius 3 is 2.46 bits per heavy atom. The van der Waals surface area contributed by atoms with E-state index in [0.29, 0.717) is 27.6 Å². The summed E-state index contributed by atoms with van der Waals surface area (Å²) in [5.41, 5.74) is 0.456. The number of aliphatic hydroxyl groups excluding tert-OH is 2. The molecule has 7 rings (SSSR count). The number of aromatic nitrogens is 2. The van der Waals surface area contributed by atoms with E-state index in [1.54, 1.807) is 20.1 Å². The van der Waals surface area contributed by atoms with Crippen molar-refractivity contribution in [2.75, 3.05) is 46.2 Å². The van der Waals surface area contributed by atoms with Crippen LogP contribution in [0.1, 0.15) is 68.4 Å². The normalized spacial score (nSPS) is 29.4. The van der Waals surface area contributed by atoms with Crippen molar-refractivity contribution in [1.82, 2.24) is 20.6 Å². The van der Waals surface area contributed by atoms with Crippen LogP contribution in [-0.4, -0.2) is 162 Å². The number of H-pyrrole nitrogens is 1. The number of aromatic amines is 1. The Morgan fingerprint density at radius 2 is 1.78 bits per heavy atom. The van der Waals surface area contributed by atoms with E-state index >= 15 is 4.79 Å². The first-order valence-corrected chi connectivity index (χ1v) is 27.7. The molecule has 0 radical (unpaired) electrons. The van der Waals surface area contributed by atoms with E-state index < -0.39 is 98.8 Å². The van der Waals surface area contributed by atoms with Gasteiger partial charge >= 0.3 is 12.1 Å². The van der Waals surface area contributed by atoms with Gasteiger partial charge in [0.1, 0.15) is 29.3 Å². The molecule has 0 bridgehead atoms. The summed E-state index contributed by atoms with van der Waals surface area (Å²) in [6.45, 7) is 9.78. The van der Waals surface area contributed by atoms with Crippen LogP contribution in [0, 0.1) is 35.5 Å². The zero-order valence-electron chi connectivity index (χ0n) is 42.0. The highest BCUT2D eigenvalue weighted by Crippen LogP contribution is 2.41. The van der Waals surface area contributed by atoms with Gasteiger partial charge in [0.25, 0.3) is 0 Å². The Hall–Kier alpha value is -5.36. The molecule has 2 aromatic heterocycles. The number of esters is 1. The fourth-order valence-corrected chi connectivity index (χ4v) is 10.5. The van der Waals surface area contributed by atoms with Crippen LogP contribution in [0.5, 0.6) is 5.75 Å². The molecular formula is C52H64N4O14S2. The first-order valence-electron chi connectivity index (χ1n) is 23.6. The number of nitrogens with one attached hydrogen (secondary N) is 3. The minimum absolute atomic E-state index is 0.0562. The number of phenolic OH excluding ortho intramolecular Hbond substituents is 1. The zero-order chi connectivity index (χ0) is 52.4. The SMILES string of the molecule is COC(=O)NC1=C2C#C/C=C\C#C[C@H](OC3OC(C)C(C(=O)c4nc(C(=O)OC)cc5c4[nH]c4ccc(O)cc45)C(O)C3OC3CC(OC)C(NC(C)C)CO3)C2/C(=C\CS(C)(C)(=S)C(C)C)[C@@H](O)CC1=O. The number of methoxy groups -OCH3 is 3. The maximum Gasteiger partial charge on any atom is 0.411 e. The number of aromatic hydroxyl groups is 1. The lowest BCUT2D eigenvalue weighted by molar-refractivity contribution is -0.330. The molecule has 2 aliphatic heterocycles. The third-order valence-corrected chi connectivity index (χ3v) is 19.4. The van der Waals surface area contributed by atoms with Crippen LogP contribution in [0.15, 0.2) is 59.3 Å². The number of carbonyl (C=O) groups excluding carboxylic acids is 4. The predicted molar refractivity (Wildman–Crippen MR) is 273 cm³/mol. The lowest BCUT2D eigenvalue weighted by atomic mass is 9.82. The van der Waals surface area contributed by atoms with Gasteiger partial charge in [-0.3, -0.25) is 14.9 Å². The van der Waals surface area contributed by atoms with Crippen molar-refractivity contribution < 1.29 is 67.7 Å². The van der Waals surface area contributed by atoms with Gasteiger partial charge in [-0.1, -0.05) is 68.6 Å². The van der Waals surface area contributed by atoms with Gasteiger partial charge in [-0.2, -0.15) is 7.72 Å². The fourth-order valence-electron chi connectivity index (χ4n) is 9.23. The molecule has 2 saturated heterocycles. The first kappa shape index (κ1) is 54.4. The Bertz CT molecular complexity index is 2910.